The Bertz CT molecular complexity index is 587. The molecule has 1 atom stereocenters. The van der Waals surface area contributed by atoms with E-state index in [9.17, 15) is 0 Å². The van der Waals surface area contributed by atoms with E-state index in [4.69, 9.17) is 10.5 Å². The number of aryl methyl sites for hydroxylation is 2. The van der Waals surface area contributed by atoms with Gasteiger partial charge >= 0.3 is 0 Å². The van der Waals surface area contributed by atoms with Gasteiger partial charge in [-0.3, -0.25) is 0 Å². The molecule has 106 valence electrons. The van der Waals surface area contributed by atoms with Crippen LogP contribution >= 0.6 is 0 Å². The van der Waals surface area contributed by atoms with Crippen LogP contribution in [0.25, 0.3) is 11.1 Å². The lowest BCUT2D eigenvalue weighted by Crippen LogP contribution is -2.08. The Morgan fingerprint density at radius 1 is 1.10 bits per heavy atom. The van der Waals surface area contributed by atoms with Crippen LogP contribution < -0.4 is 10.5 Å². The van der Waals surface area contributed by atoms with Crippen molar-refractivity contribution in [1.29, 1.82) is 0 Å². The van der Waals surface area contributed by atoms with Crippen molar-refractivity contribution in [2.75, 3.05) is 7.11 Å². The molecule has 0 aliphatic heterocycles. The third-order valence-electron chi connectivity index (χ3n) is 3.73. The zero-order valence-electron chi connectivity index (χ0n) is 12.7. The van der Waals surface area contributed by atoms with Crippen molar-refractivity contribution in [3.63, 3.8) is 0 Å². The van der Waals surface area contributed by atoms with E-state index < -0.39 is 0 Å². The normalized spacial score (nSPS) is 12.2. The molecular weight excluding hydrogens is 246 g/mol. The highest BCUT2D eigenvalue weighted by Crippen LogP contribution is 2.34. The van der Waals surface area contributed by atoms with Gasteiger partial charge in [0.25, 0.3) is 0 Å². The van der Waals surface area contributed by atoms with E-state index in [1.54, 1.807) is 7.11 Å². The van der Waals surface area contributed by atoms with Gasteiger partial charge in [-0.2, -0.15) is 0 Å². The van der Waals surface area contributed by atoms with E-state index >= 15 is 0 Å². The first-order chi connectivity index (χ1) is 9.56. The Morgan fingerprint density at radius 2 is 1.75 bits per heavy atom. The zero-order chi connectivity index (χ0) is 14.7. The minimum absolute atomic E-state index is 0.116. The van der Waals surface area contributed by atoms with Gasteiger partial charge in [-0.1, -0.05) is 37.3 Å². The molecule has 2 nitrogen and oxygen atoms in total. The maximum absolute atomic E-state index is 6.06. The van der Waals surface area contributed by atoms with E-state index in [0.29, 0.717) is 0 Å². The maximum Gasteiger partial charge on any atom is 0.127 e. The van der Waals surface area contributed by atoms with E-state index in [-0.39, 0.29) is 6.04 Å². The Balaban J connectivity index is 2.46. The Labute approximate surface area is 121 Å². The molecule has 0 radical (unpaired) electrons. The second kappa shape index (κ2) is 6.10. The minimum atomic E-state index is 0.116. The molecule has 0 amide bonds. The van der Waals surface area contributed by atoms with Crippen molar-refractivity contribution < 1.29 is 4.74 Å². The third kappa shape index (κ3) is 2.86. The molecule has 1 unspecified atom stereocenters. The average Bonchev–Trinajstić information content (AvgIpc) is 2.46. The summed E-state index contributed by atoms with van der Waals surface area (Å²) in [5, 5.41) is 0. The summed E-state index contributed by atoms with van der Waals surface area (Å²) in [7, 11) is 1.72. The van der Waals surface area contributed by atoms with Gasteiger partial charge in [0, 0.05) is 11.6 Å². The van der Waals surface area contributed by atoms with Crippen molar-refractivity contribution in [3.8, 4) is 16.9 Å². The van der Waals surface area contributed by atoms with E-state index in [0.717, 1.165) is 17.7 Å². The van der Waals surface area contributed by atoms with E-state index in [2.05, 4.69) is 57.2 Å². The van der Waals surface area contributed by atoms with Gasteiger partial charge in [-0.05, 0) is 48.6 Å². The molecule has 0 aromatic heterocycles. The molecule has 0 spiro atoms. The fraction of sp³-hybridized carbons (Fsp3) is 0.333. The summed E-state index contributed by atoms with van der Waals surface area (Å²) >= 11 is 0. The molecule has 0 saturated carbocycles. The highest BCUT2D eigenvalue weighted by molar-refractivity contribution is 5.74. The minimum Gasteiger partial charge on any atom is -0.496 e. The maximum atomic E-state index is 6.06. The van der Waals surface area contributed by atoms with Crippen LogP contribution in [0.4, 0.5) is 0 Å². The lowest BCUT2D eigenvalue weighted by molar-refractivity contribution is 0.416. The van der Waals surface area contributed by atoms with Crippen LogP contribution in [0.15, 0.2) is 36.4 Å². The first kappa shape index (κ1) is 14.6. The monoisotopic (exact) mass is 269 g/mol. The Morgan fingerprint density at radius 3 is 2.30 bits per heavy atom. The number of methoxy groups -OCH3 is 1. The lowest BCUT2D eigenvalue weighted by atomic mass is 9.95. The van der Waals surface area contributed by atoms with E-state index in [1.165, 1.54) is 22.3 Å². The fourth-order valence-corrected chi connectivity index (χ4v) is 2.59. The summed E-state index contributed by atoms with van der Waals surface area (Å²) in [6, 6.07) is 12.9. The Hall–Kier alpha value is -1.80. The molecule has 2 rings (SSSR count). The number of hydrogen-bond acceptors (Lipinski definition) is 2. The first-order valence-corrected chi connectivity index (χ1v) is 7.08. The van der Waals surface area contributed by atoms with Crippen molar-refractivity contribution in [2.45, 2.75) is 33.2 Å². The van der Waals surface area contributed by atoms with E-state index in [1.807, 2.05) is 0 Å². The summed E-state index contributed by atoms with van der Waals surface area (Å²) in [6.45, 7) is 6.31. The largest absolute Gasteiger partial charge is 0.496 e. The summed E-state index contributed by atoms with van der Waals surface area (Å²) in [4.78, 5) is 0. The van der Waals surface area contributed by atoms with Crippen LogP contribution in [-0.4, -0.2) is 7.11 Å². The van der Waals surface area contributed by atoms with Crippen molar-refractivity contribution >= 4 is 0 Å². The van der Waals surface area contributed by atoms with Crippen LogP contribution in [0, 0.1) is 13.8 Å². The number of rotatable bonds is 4. The van der Waals surface area contributed by atoms with Gasteiger partial charge in [-0.25, -0.2) is 0 Å². The molecule has 2 aromatic rings. The van der Waals surface area contributed by atoms with Gasteiger partial charge < -0.3 is 10.5 Å². The summed E-state index contributed by atoms with van der Waals surface area (Å²) in [5.74, 6) is 0.926. The molecule has 2 heteroatoms. The molecule has 20 heavy (non-hydrogen) atoms. The van der Waals surface area contributed by atoms with Gasteiger partial charge in [0.05, 0.1) is 7.11 Å². The predicted molar refractivity (Wildman–Crippen MR) is 85.1 cm³/mol. The highest BCUT2D eigenvalue weighted by Gasteiger charge is 2.11. The molecule has 0 heterocycles. The number of hydrogen-bond donors (Lipinski definition) is 1. The molecule has 0 fully saturated rings. The molecule has 0 aliphatic carbocycles. The quantitative estimate of drug-likeness (QED) is 0.893. The number of nitrogens with two attached hydrogens (primary N) is 1. The van der Waals surface area contributed by atoms with Gasteiger partial charge in [0.1, 0.15) is 5.75 Å². The van der Waals surface area contributed by atoms with Crippen LogP contribution in [0.1, 0.15) is 36.1 Å². The first-order valence-electron chi connectivity index (χ1n) is 7.08. The number of ether oxygens (including phenoxy) is 1. The predicted octanol–water partition coefficient (Wildman–Crippen LogP) is 4.39. The second-order valence-corrected chi connectivity index (χ2v) is 5.30. The van der Waals surface area contributed by atoms with Crippen LogP contribution in [-0.2, 0) is 0 Å². The molecule has 0 saturated heterocycles. The summed E-state index contributed by atoms with van der Waals surface area (Å²) < 4.78 is 5.54. The highest BCUT2D eigenvalue weighted by atomic mass is 16.5. The zero-order valence-corrected chi connectivity index (χ0v) is 12.7. The SMILES string of the molecule is CCC(N)c1ccc(-c2c(C)cc(C)cc2OC)cc1. The van der Waals surface area contributed by atoms with Gasteiger partial charge in [0.2, 0.25) is 0 Å². The van der Waals surface area contributed by atoms with Gasteiger partial charge in [0.15, 0.2) is 0 Å². The topological polar surface area (TPSA) is 35.2 Å². The average molecular weight is 269 g/mol. The smallest absolute Gasteiger partial charge is 0.127 e. The molecule has 0 aliphatic rings. The fourth-order valence-electron chi connectivity index (χ4n) is 2.59. The number of benzene rings is 2. The van der Waals surface area contributed by atoms with Crippen LogP contribution in [0.3, 0.4) is 0 Å². The summed E-state index contributed by atoms with van der Waals surface area (Å²) in [5.41, 5.74) is 12.0. The second-order valence-electron chi connectivity index (χ2n) is 5.30. The van der Waals surface area contributed by atoms with Crippen LogP contribution in [0.5, 0.6) is 5.75 Å². The summed E-state index contributed by atoms with van der Waals surface area (Å²) in [6.07, 6.45) is 0.951. The molecule has 0 bridgehead atoms. The van der Waals surface area contributed by atoms with Gasteiger partial charge in [-0.15, -0.1) is 0 Å². The van der Waals surface area contributed by atoms with Crippen molar-refractivity contribution in [1.82, 2.24) is 0 Å². The lowest BCUT2D eigenvalue weighted by Gasteiger charge is -2.15. The molecule has 2 N–H and O–H groups in total. The van der Waals surface area contributed by atoms with Crippen molar-refractivity contribution in [3.05, 3.63) is 53.1 Å². The Kier molecular flexibility index (Phi) is 4.46. The van der Waals surface area contributed by atoms with Crippen LogP contribution in [0.2, 0.25) is 0 Å². The molecule has 2 aromatic carbocycles. The standard InChI is InChI=1S/C18H23NO/c1-5-16(19)14-6-8-15(9-7-14)18-13(3)10-12(2)11-17(18)20-4/h6-11,16H,5,19H2,1-4H3. The third-order valence-corrected chi connectivity index (χ3v) is 3.73. The molecular formula is C18H23NO. The van der Waals surface area contributed by atoms with Crippen molar-refractivity contribution in [2.24, 2.45) is 5.73 Å².